The minimum Gasteiger partial charge on any atom is -0.159 e. The highest BCUT2D eigenvalue weighted by Gasteiger charge is 1.92. The van der Waals surface area contributed by atoms with Gasteiger partial charge in [-0.2, -0.15) is 10.5 Å². The van der Waals surface area contributed by atoms with Crippen LogP contribution in [0.5, 0.6) is 0 Å². The molecule has 0 saturated carbocycles. The number of hydrogen-bond acceptors (Lipinski definition) is 1. The van der Waals surface area contributed by atoms with E-state index in [4.69, 9.17) is 0 Å². The van der Waals surface area contributed by atoms with Crippen molar-refractivity contribution in [1.29, 1.82) is 0 Å². The summed E-state index contributed by atoms with van der Waals surface area (Å²) in [6.45, 7) is 2.08. The Hall–Kier alpha value is -0.790. The van der Waals surface area contributed by atoms with Crippen molar-refractivity contribution in [3.05, 3.63) is 11.8 Å². The molecule has 0 bridgehead atoms. The van der Waals surface area contributed by atoms with Gasteiger partial charge in [0.2, 0.25) is 0 Å². The molecule has 0 atom stereocenters. The highest BCUT2D eigenvalue weighted by Crippen LogP contribution is 1.98. The third-order valence-electron chi connectivity index (χ3n) is 0.922. The van der Waals surface area contributed by atoms with Gasteiger partial charge in [0.15, 0.2) is 0 Å². The van der Waals surface area contributed by atoms with E-state index < -0.39 is 0 Å². The summed E-state index contributed by atoms with van der Waals surface area (Å²) >= 11 is 0. The highest BCUT2D eigenvalue weighted by molar-refractivity contribution is 5.79. The summed E-state index contributed by atoms with van der Waals surface area (Å²) < 4.78 is 0. The van der Waals surface area contributed by atoms with Gasteiger partial charge in [0.1, 0.15) is 0 Å². The first-order chi connectivity index (χ1) is 3.43. The molecule has 2 nitrogen and oxygen atoms in total. The smallest absolute Gasteiger partial charge is 0.0543 e. The van der Waals surface area contributed by atoms with E-state index in [9.17, 15) is 0 Å². The molecule has 0 spiro atoms. The maximum Gasteiger partial charge on any atom is 0.0543 e. The van der Waals surface area contributed by atoms with Crippen molar-refractivity contribution in [3.63, 3.8) is 0 Å². The molecular weight excluding hydrogens is 88.1 g/mol. The van der Waals surface area contributed by atoms with E-state index in [2.05, 4.69) is 17.5 Å². The summed E-state index contributed by atoms with van der Waals surface area (Å²) in [4.78, 5) is 0. The van der Waals surface area contributed by atoms with Crippen LogP contribution in [0.3, 0.4) is 0 Å². The lowest BCUT2D eigenvalue weighted by atomic mass is 10.2. The summed E-state index contributed by atoms with van der Waals surface area (Å²) in [6, 6.07) is 0. The van der Waals surface area contributed by atoms with Gasteiger partial charge in [0.05, 0.1) is 12.4 Å². The predicted molar refractivity (Wildman–Crippen MR) is 29.0 cm³/mol. The molecule has 1 aliphatic heterocycles. The van der Waals surface area contributed by atoms with Crippen LogP contribution in [0.1, 0.15) is 13.3 Å². The molecule has 7 heavy (non-hydrogen) atoms. The Labute approximate surface area is 42.9 Å². The molecule has 1 heterocycles. The first-order valence-electron chi connectivity index (χ1n) is 2.35. The fourth-order valence-electron chi connectivity index (χ4n) is 0.431. The molecule has 0 saturated heterocycles. The van der Waals surface area contributed by atoms with Gasteiger partial charge in [-0.25, -0.2) is 0 Å². The maximum atomic E-state index is 3.64. The van der Waals surface area contributed by atoms with Gasteiger partial charge >= 0.3 is 0 Å². The molecule has 37 valence electrons. The number of nitrogens with zero attached hydrogens (tertiary/aromatic N) is 2. The topological polar surface area (TPSA) is 26.5 Å². The van der Waals surface area contributed by atoms with Gasteiger partial charge in [-0.1, -0.05) is 6.92 Å². The van der Waals surface area contributed by atoms with Gasteiger partial charge in [-0.05, 0) is 12.0 Å². The van der Waals surface area contributed by atoms with Crippen molar-refractivity contribution in [3.8, 4) is 0 Å². The Balaban J connectivity index is 2.52. The van der Waals surface area contributed by atoms with Crippen LogP contribution >= 0.6 is 0 Å². The van der Waals surface area contributed by atoms with Crippen molar-refractivity contribution in [2.75, 3.05) is 0 Å². The molecule has 1 radical (unpaired) electrons. The van der Waals surface area contributed by atoms with Gasteiger partial charge in [0.25, 0.3) is 0 Å². The predicted octanol–water partition coefficient (Wildman–Crippen LogP) is 0.884. The van der Waals surface area contributed by atoms with E-state index in [1.54, 1.807) is 12.4 Å². The maximum absolute atomic E-state index is 3.64. The second-order valence-corrected chi connectivity index (χ2v) is 1.42. The fourth-order valence-corrected chi connectivity index (χ4v) is 0.431. The SMILES string of the molecule is CCC1=C[N]N=C1. The second-order valence-electron chi connectivity index (χ2n) is 1.42. The van der Waals surface area contributed by atoms with Crippen LogP contribution in [-0.2, 0) is 0 Å². The normalized spacial score (nSPS) is 16.4. The van der Waals surface area contributed by atoms with Crippen molar-refractivity contribution in [2.45, 2.75) is 13.3 Å². The van der Waals surface area contributed by atoms with Crippen molar-refractivity contribution in [2.24, 2.45) is 5.10 Å². The third kappa shape index (κ3) is 0.796. The Bertz CT molecular complexity index is 113. The van der Waals surface area contributed by atoms with E-state index in [1.165, 1.54) is 5.57 Å². The van der Waals surface area contributed by atoms with Gasteiger partial charge < -0.3 is 0 Å². The lowest BCUT2D eigenvalue weighted by Crippen LogP contribution is -1.73. The first-order valence-corrected chi connectivity index (χ1v) is 2.35. The van der Waals surface area contributed by atoms with Gasteiger partial charge in [0, 0.05) is 0 Å². The van der Waals surface area contributed by atoms with Gasteiger partial charge in [-0.3, -0.25) is 0 Å². The number of allylic oxidation sites excluding steroid dienone is 1. The number of hydrogen-bond donors (Lipinski definition) is 0. The largest absolute Gasteiger partial charge is 0.159 e. The van der Waals surface area contributed by atoms with Crippen LogP contribution in [0.4, 0.5) is 0 Å². The van der Waals surface area contributed by atoms with E-state index in [-0.39, 0.29) is 0 Å². The lowest BCUT2D eigenvalue weighted by molar-refractivity contribution is 0.970. The zero-order valence-corrected chi connectivity index (χ0v) is 4.26. The first kappa shape index (κ1) is 4.37. The molecule has 0 unspecified atom stereocenters. The van der Waals surface area contributed by atoms with Gasteiger partial charge in [-0.15, -0.1) is 0 Å². The quantitative estimate of drug-likeness (QED) is 0.462. The van der Waals surface area contributed by atoms with E-state index in [0.29, 0.717) is 0 Å². The Kier molecular flexibility index (Phi) is 1.11. The fraction of sp³-hybridized carbons (Fsp3) is 0.400. The summed E-state index contributed by atoms with van der Waals surface area (Å²) in [5, 5.41) is 3.64. The van der Waals surface area contributed by atoms with E-state index in [0.717, 1.165) is 6.42 Å². The summed E-state index contributed by atoms with van der Waals surface area (Å²) in [5.74, 6) is 0. The molecule has 0 aliphatic carbocycles. The summed E-state index contributed by atoms with van der Waals surface area (Å²) in [5.41, 5.74) is 4.85. The molecule has 0 aromatic heterocycles. The monoisotopic (exact) mass is 95.1 g/mol. The van der Waals surface area contributed by atoms with Crippen molar-refractivity contribution < 1.29 is 0 Å². The van der Waals surface area contributed by atoms with Crippen LogP contribution in [0.15, 0.2) is 16.9 Å². The highest BCUT2D eigenvalue weighted by atomic mass is 15.3. The zero-order chi connectivity index (χ0) is 5.11. The Morgan fingerprint density at radius 3 is 2.86 bits per heavy atom. The van der Waals surface area contributed by atoms with Crippen LogP contribution < -0.4 is 5.43 Å². The molecule has 2 heteroatoms. The zero-order valence-electron chi connectivity index (χ0n) is 4.26. The summed E-state index contributed by atoms with van der Waals surface area (Å²) in [7, 11) is 0. The van der Waals surface area contributed by atoms with E-state index >= 15 is 0 Å². The van der Waals surface area contributed by atoms with E-state index in [1.807, 2.05) is 0 Å². The number of rotatable bonds is 1. The molecule has 0 N–H and O–H groups in total. The van der Waals surface area contributed by atoms with Crippen LogP contribution in [-0.4, -0.2) is 6.21 Å². The lowest BCUT2D eigenvalue weighted by Gasteiger charge is -1.79. The standard InChI is InChI=1S/C5H7N2/c1-2-5-3-6-7-4-5/h3-4H,2H2,1H3. The van der Waals surface area contributed by atoms with Crippen molar-refractivity contribution >= 4 is 6.21 Å². The minimum absolute atomic E-state index is 1.03. The van der Waals surface area contributed by atoms with Crippen LogP contribution in [0, 0.1) is 0 Å². The molecule has 0 aromatic carbocycles. The molecule has 0 fully saturated rings. The second kappa shape index (κ2) is 1.78. The molecule has 0 amide bonds. The Morgan fingerprint density at radius 1 is 1.71 bits per heavy atom. The summed E-state index contributed by atoms with van der Waals surface area (Å²) in [6.07, 6.45) is 4.59. The molecule has 1 rings (SSSR count). The average molecular weight is 95.1 g/mol. The molecular formula is C5H7N2. The third-order valence-corrected chi connectivity index (χ3v) is 0.922. The van der Waals surface area contributed by atoms with Crippen LogP contribution in [0.25, 0.3) is 0 Å². The average Bonchev–Trinajstić information content (AvgIpc) is 2.14. The van der Waals surface area contributed by atoms with Crippen LogP contribution in [0.2, 0.25) is 0 Å². The molecule has 1 aliphatic rings. The molecule has 0 aromatic rings. The Morgan fingerprint density at radius 2 is 2.57 bits per heavy atom. The van der Waals surface area contributed by atoms with Crippen molar-refractivity contribution in [1.82, 2.24) is 5.43 Å². The minimum atomic E-state index is 1.03.